The van der Waals surface area contributed by atoms with Crippen LogP contribution in [0.2, 0.25) is 0 Å². The van der Waals surface area contributed by atoms with Gasteiger partial charge in [0.05, 0.1) is 6.54 Å². The van der Waals surface area contributed by atoms with Crippen molar-refractivity contribution in [1.29, 1.82) is 0 Å². The van der Waals surface area contributed by atoms with Crippen LogP contribution in [0, 0.1) is 6.92 Å². The van der Waals surface area contributed by atoms with Crippen molar-refractivity contribution in [3.63, 3.8) is 0 Å². The molecule has 0 radical (unpaired) electrons. The van der Waals surface area contributed by atoms with Crippen molar-refractivity contribution >= 4 is 17.0 Å². The molecule has 0 aliphatic rings. The third kappa shape index (κ3) is 3.45. The van der Waals surface area contributed by atoms with Crippen LogP contribution in [0.25, 0.3) is 11.1 Å². The lowest BCUT2D eigenvalue weighted by Gasteiger charge is -2.14. The van der Waals surface area contributed by atoms with E-state index in [9.17, 15) is 4.79 Å². The van der Waals surface area contributed by atoms with E-state index in [0.717, 1.165) is 19.3 Å². The fraction of sp³-hybridized carbons (Fsp3) is 0.412. The molecule has 0 saturated heterocycles. The molecular formula is C17H20N4O3. The molecule has 1 amide bonds. The Morgan fingerprint density at radius 1 is 1.21 bits per heavy atom. The lowest BCUT2D eigenvalue weighted by Crippen LogP contribution is -2.26. The van der Waals surface area contributed by atoms with E-state index in [1.165, 1.54) is 4.90 Å². The molecule has 7 heteroatoms. The highest BCUT2D eigenvalue weighted by Crippen LogP contribution is 2.19. The first-order valence-corrected chi connectivity index (χ1v) is 8.00. The minimum Gasteiger partial charge on any atom is -0.441 e. The van der Waals surface area contributed by atoms with Gasteiger partial charge < -0.3 is 13.7 Å². The predicted octanol–water partition coefficient (Wildman–Crippen LogP) is 3.13. The Balaban J connectivity index is 1.76. The van der Waals surface area contributed by atoms with E-state index in [-0.39, 0.29) is 12.5 Å². The first-order chi connectivity index (χ1) is 11.6. The summed E-state index contributed by atoms with van der Waals surface area (Å²) in [6.45, 7) is 4.10. The Morgan fingerprint density at radius 2 is 2.04 bits per heavy atom. The second-order valence-corrected chi connectivity index (χ2v) is 5.77. The van der Waals surface area contributed by atoms with E-state index in [2.05, 4.69) is 22.1 Å². The first kappa shape index (κ1) is 16.2. The van der Waals surface area contributed by atoms with E-state index in [1.807, 2.05) is 0 Å². The van der Waals surface area contributed by atoms with E-state index < -0.39 is 0 Å². The number of aryl methyl sites for hydroxylation is 2. The zero-order valence-electron chi connectivity index (χ0n) is 14.1. The summed E-state index contributed by atoms with van der Waals surface area (Å²) in [6, 6.07) is 5.29. The molecular weight excluding hydrogens is 308 g/mol. The second-order valence-electron chi connectivity index (χ2n) is 5.77. The molecule has 0 aliphatic carbocycles. The normalized spacial score (nSPS) is 11.1. The molecule has 24 heavy (non-hydrogen) atoms. The molecule has 0 spiro atoms. The van der Waals surface area contributed by atoms with E-state index in [4.69, 9.17) is 8.83 Å². The predicted molar refractivity (Wildman–Crippen MR) is 87.5 cm³/mol. The maximum Gasteiger partial charge on any atom is 0.254 e. The van der Waals surface area contributed by atoms with Crippen molar-refractivity contribution < 1.29 is 13.6 Å². The largest absolute Gasteiger partial charge is 0.441 e. The monoisotopic (exact) mass is 328 g/mol. The molecule has 3 rings (SSSR count). The number of aromatic nitrogens is 3. The highest BCUT2D eigenvalue weighted by Gasteiger charge is 2.16. The average Bonchev–Trinajstić information content (AvgIpc) is 3.16. The fourth-order valence-corrected chi connectivity index (χ4v) is 2.44. The summed E-state index contributed by atoms with van der Waals surface area (Å²) in [6.07, 6.45) is 2.93. The van der Waals surface area contributed by atoms with Gasteiger partial charge in [-0.2, -0.15) is 0 Å². The minimum atomic E-state index is -0.133. The third-order valence-electron chi connectivity index (χ3n) is 3.71. The molecule has 0 N–H and O–H groups in total. The lowest BCUT2D eigenvalue weighted by molar-refractivity contribution is 0.0772. The van der Waals surface area contributed by atoms with Crippen LogP contribution in [0.3, 0.4) is 0 Å². The van der Waals surface area contributed by atoms with E-state index >= 15 is 0 Å². The minimum absolute atomic E-state index is 0.133. The van der Waals surface area contributed by atoms with Gasteiger partial charge in [-0.25, -0.2) is 4.98 Å². The Bertz CT molecular complexity index is 853. The van der Waals surface area contributed by atoms with Crippen LogP contribution >= 0.6 is 0 Å². The Labute approximate surface area is 139 Å². The molecule has 0 unspecified atom stereocenters. The van der Waals surface area contributed by atoms with Crippen LogP contribution in [0.1, 0.15) is 47.8 Å². The zero-order chi connectivity index (χ0) is 17.1. The van der Waals surface area contributed by atoms with Crippen LogP contribution in [0.15, 0.2) is 27.0 Å². The number of carbonyl (C=O) groups is 1. The van der Waals surface area contributed by atoms with Crippen LogP contribution in [0.5, 0.6) is 0 Å². The molecule has 126 valence electrons. The Hall–Kier alpha value is -2.70. The van der Waals surface area contributed by atoms with Gasteiger partial charge in [0.25, 0.3) is 5.91 Å². The van der Waals surface area contributed by atoms with Gasteiger partial charge >= 0.3 is 0 Å². The molecule has 1 aromatic carbocycles. The number of carbonyl (C=O) groups excluding carboxylic acids is 1. The summed E-state index contributed by atoms with van der Waals surface area (Å²) in [5.74, 6) is 1.47. The number of hydrogen-bond acceptors (Lipinski definition) is 6. The summed E-state index contributed by atoms with van der Waals surface area (Å²) >= 11 is 0. The molecule has 3 aromatic rings. The number of unbranched alkanes of at least 4 members (excludes halogenated alkanes) is 1. The van der Waals surface area contributed by atoms with Crippen molar-refractivity contribution in [3.05, 3.63) is 41.4 Å². The third-order valence-corrected chi connectivity index (χ3v) is 3.71. The van der Waals surface area contributed by atoms with Gasteiger partial charge in [-0.15, -0.1) is 10.2 Å². The quantitative estimate of drug-likeness (QED) is 0.691. The smallest absolute Gasteiger partial charge is 0.254 e. The molecule has 0 fully saturated rings. The van der Waals surface area contributed by atoms with Crippen LogP contribution in [-0.4, -0.2) is 33.0 Å². The number of fused-ring (bicyclic) bond motifs is 1. The van der Waals surface area contributed by atoms with Gasteiger partial charge in [-0.3, -0.25) is 4.79 Å². The van der Waals surface area contributed by atoms with Crippen molar-refractivity contribution in [1.82, 2.24) is 20.1 Å². The molecule has 0 atom stereocenters. The molecule has 7 nitrogen and oxygen atoms in total. The molecule has 0 saturated carbocycles. The topological polar surface area (TPSA) is 85.3 Å². The average molecular weight is 328 g/mol. The van der Waals surface area contributed by atoms with Gasteiger partial charge in [0.2, 0.25) is 11.8 Å². The fourth-order valence-electron chi connectivity index (χ4n) is 2.44. The Kier molecular flexibility index (Phi) is 4.59. The number of hydrogen-bond donors (Lipinski definition) is 0. The van der Waals surface area contributed by atoms with Gasteiger partial charge in [-0.1, -0.05) is 13.3 Å². The summed E-state index contributed by atoms with van der Waals surface area (Å²) in [5.41, 5.74) is 1.96. The Morgan fingerprint density at radius 3 is 2.75 bits per heavy atom. The first-order valence-electron chi connectivity index (χ1n) is 8.00. The lowest BCUT2D eigenvalue weighted by atomic mass is 10.2. The SMILES string of the molecule is CCCCc1nc2cc(C(=O)N(C)Cc3nnc(C)o3)ccc2o1. The molecule has 2 heterocycles. The van der Waals surface area contributed by atoms with Crippen molar-refractivity contribution in [2.75, 3.05) is 7.05 Å². The van der Waals surface area contributed by atoms with Gasteiger partial charge in [-0.05, 0) is 24.6 Å². The highest BCUT2D eigenvalue weighted by atomic mass is 16.4. The van der Waals surface area contributed by atoms with E-state index in [0.29, 0.717) is 34.3 Å². The van der Waals surface area contributed by atoms with Crippen LogP contribution < -0.4 is 0 Å². The van der Waals surface area contributed by atoms with Crippen molar-refractivity contribution in [2.24, 2.45) is 0 Å². The summed E-state index contributed by atoms with van der Waals surface area (Å²) in [7, 11) is 1.70. The van der Waals surface area contributed by atoms with E-state index in [1.54, 1.807) is 32.2 Å². The standard InChI is InChI=1S/C17H20N4O3/c1-4-5-6-15-18-13-9-12(7-8-14(13)24-15)17(22)21(3)10-16-20-19-11(2)23-16/h7-9H,4-6,10H2,1-3H3. The van der Waals surface area contributed by atoms with Gasteiger partial charge in [0.1, 0.15) is 5.52 Å². The van der Waals surface area contributed by atoms with Crippen LogP contribution in [0.4, 0.5) is 0 Å². The molecule has 0 bridgehead atoms. The van der Waals surface area contributed by atoms with Crippen LogP contribution in [-0.2, 0) is 13.0 Å². The number of amides is 1. The summed E-state index contributed by atoms with van der Waals surface area (Å²) in [5, 5.41) is 7.67. The number of nitrogens with zero attached hydrogens (tertiary/aromatic N) is 4. The number of rotatable bonds is 6. The summed E-state index contributed by atoms with van der Waals surface area (Å²) < 4.78 is 11.0. The van der Waals surface area contributed by atoms with Gasteiger partial charge in [0.15, 0.2) is 11.5 Å². The van der Waals surface area contributed by atoms with Crippen molar-refractivity contribution in [3.8, 4) is 0 Å². The van der Waals surface area contributed by atoms with Crippen molar-refractivity contribution in [2.45, 2.75) is 39.7 Å². The maximum atomic E-state index is 12.6. The number of benzene rings is 1. The second kappa shape index (κ2) is 6.82. The molecule has 2 aromatic heterocycles. The molecule has 0 aliphatic heterocycles. The number of oxazole rings is 1. The summed E-state index contributed by atoms with van der Waals surface area (Å²) in [4.78, 5) is 18.6. The maximum absolute atomic E-state index is 12.6. The van der Waals surface area contributed by atoms with Gasteiger partial charge in [0, 0.05) is 26.0 Å². The highest BCUT2D eigenvalue weighted by molar-refractivity contribution is 5.96. The zero-order valence-corrected chi connectivity index (χ0v) is 14.1.